The Morgan fingerprint density at radius 1 is 0.453 bits per heavy atom. The van der Waals surface area contributed by atoms with Gasteiger partial charge in [0.1, 0.15) is 18.8 Å². The summed E-state index contributed by atoms with van der Waals surface area (Å²) in [6.45, 7) is 5.78. The fourth-order valence-corrected chi connectivity index (χ4v) is 8.37. The van der Waals surface area contributed by atoms with E-state index in [-0.39, 0.29) is 25.9 Å². The van der Waals surface area contributed by atoms with Crippen molar-refractivity contribution in [3.63, 3.8) is 0 Å². The van der Waals surface area contributed by atoms with E-state index in [9.17, 15) is 34.5 Å². The number of carbonyl (C=O) groups is 4. The maximum Gasteiger partial charge on any atom is 0.335 e. The molecule has 1 heterocycles. The second-order valence-electron chi connectivity index (χ2n) is 19.9. The van der Waals surface area contributed by atoms with E-state index in [0.29, 0.717) is 19.3 Å². The summed E-state index contributed by atoms with van der Waals surface area (Å²) < 4.78 is 28.4. The third kappa shape index (κ3) is 40.8. The Bertz CT molecular complexity index is 1630. The molecule has 0 aromatic rings. The number of aliphatic carboxylic acids is 1. The molecule has 0 aromatic carbocycles. The maximum atomic E-state index is 13.1. The number of carboxylic acid groups (broad SMARTS) is 1. The first kappa shape index (κ1) is 68.9. The van der Waals surface area contributed by atoms with Gasteiger partial charge < -0.3 is 39.0 Å². The smallest absolute Gasteiger partial charge is 0.335 e. The van der Waals surface area contributed by atoms with Crippen molar-refractivity contribution in [2.75, 3.05) is 13.2 Å². The van der Waals surface area contributed by atoms with E-state index in [0.717, 1.165) is 141 Å². The highest BCUT2D eigenvalue weighted by atomic mass is 16.7. The first-order valence-corrected chi connectivity index (χ1v) is 29.6. The molecular formula is C63H104O12. The Morgan fingerprint density at radius 2 is 0.853 bits per heavy atom. The lowest BCUT2D eigenvalue weighted by Crippen LogP contribution is -2.61. The molecule has 0 radical (unpaired) electrons. The number of unbranched alkanes of at least 4 members (excludes halogenated alkanes) is 21. The molecule has 0 spiro atoms. The molecule has 0 aliphatic carbocycles. The van der Waals surface area contributed by atoms with Gasteiger partial charge in [-0.1, -0.05) is 196 Å². The van der Waals surface area contributed by atoms with Crippen molar-refractivity contribution in [1.29, 1.82) is 0 Å². The zero-order valence-electron chi connectivity index (χ0n) is 47.0. The average Bonchev–Trinajstić information content (AvgIpc) is 3.39. The number of aliphatic hydroxyl groups excluding tert-OH is 2. The number of carboxylic acids is 1. The van der Waals surface area contributed by atoms with Crippen LogP contribution in [-0.4, -0.2) is 89.2 Å². The monoisotopic (exact) mass is 1050 g/mol. The highest BCUT2D eigenvalue weighted by Gasteiger charge is 2.50. The van der Waals surface area contributed by atoms with E-state index in [4.69, 9.17) is 23.7 Å². The molecule has 6 unspecified atom stereocenters. The van der Waals surface area contributed by atoms with Crippen LogP contribution in [0.25, 0.3) is 0 Å². The van der Waals surface area contributed by atoms with E-state index in [1.54, 1.807) is 0 Å². The van der Waals surface area contributed by atoms with Crippen LogP contribution in [0, 0.1) is 0 Å². The average molecular weight is 1050 g/mol. The van der Waals surface area contributed by atoms with Gasteiger partial charge >= 0.3 is 23.9 Å². The predicted molar refractivity (Wildman–Crippen MR) is 303 cm³/mol. The molecular weight excluding hydrogens is 949 g/mol. The van der Waals surface area contributed by atoms with Gasteiger partial charge in [0.25, 0.3) is 0 Å². The van der Waals surface area contributed by atoms with Crippen molar-refractivity contribution >= 4 is 23.9 Å². The fraction of sp³-hybridized carbons (Fsp3) is 0.714. The lowest BCUT2D eigenvalue weighted by molar-refractivity contribution is -0.301. The van der Waals surface area contributed by atoms with Crippen LogP contribution >= 0.6 is 0 Å². The Kier molecular flexibility index (Phi) is 46.6. The summed E-state index contributed by atoms with van der Waals surface area (Å²) in [7, 11) is 0. The Balaban J connectivity index is 2.68. The molecule has 1 aliphatic heterocycles. The minimum atomic E-state index is -1.91. The SMILES string of the molecule is CC/C=C\C/C=C\C/C=C\CCCCCCCC(=O)OCC(COC1OC(C(=O)O)C(O)C(O)C1OC(=O)CCCCCCCC/C=C\C/C=C\C/C=C\CCCCC)OC(=O)CCCCCCC/C=C\CCCC. The summed E-state index contributed by atoms with van der Waals surface area (Å²) in [5.74, 6) is -3.17. The van der Waals surface area contributed by atoms with Gasteiger partial charge in [0.15, 0.2) is 24.6 Å². The zero-order chi connectivity index (χ0) is 54.7. The van der Waals surface area contributed by atoms with E-state index in [1.807, 2.05) is 0 Å². The summed E-state index contributed by atoms with van der Waals surface area (Å²) in [6.07, 6.45) is 52.6. The zero-order valence-corrected chi connectivity index (χ0v) is 47.0. The summed E-state index contributed by atoms with van der Waals surface area (Å²) >= 11 is 0. The summed E-state index contributed by atoms with van der Waals surface area (Å²) in [6, 6.07) is 0. The molecule has 0 saturated carbocycles. The Hall–Kier alpha value is -4.10. The molecule has 6 atom stereocenters. The molecule has 12 nitrogen and oxygen atoms in total. The highest BCUT2D eigenvalue weighted by Crippen LogP contribution is 2.26. The topological polar surface area (TPSA) is 175 Å². The number of allylic oxidation sites excluding steroid dienone is 14. The van der Waals surface area contributed by atoms with Crippen LogP contribution in [0.4, 0.5) is 0 Å². The summed E-state index contributed by atoms with van der Waals surface area (Å²) in [4.78, 5) is 51.1. The van der Waals surface area contributed by atoms with Gasteiger partial charge in [-0.2, -0.15) is 0 Å². The van der Waals surface area contributed by atoms with Crippen LogP contribution < -0.4 is 0 Å². The minimum Gasteiger partial charge on any atom is -0.479 e. The second kappa shape index (κ2) is 50.7. The van der Waals surface area contributed by atoms with Crippen LogP contribution in [0.15, 0.2) is 85.1 Å². The van der Waals surface area contributed by atoms with Gasteiger partial charge in [0.05, 0.1) is 6.61 Å². The van der Waals surface area contributed by atoms with E-state index < -0.39 is 67.3 Å². The Labute approximate surface area is 454 Å². The van der Waals surface area contributed by atoms with E-state index in [2.05, 4.69) is 106 Å². The number of hydrogen-bond donors (Lipinski definition) is 3. The van der Waals surface area contributed by atoms with Gasteiger partial charge in [-0.25, -0.2) is 4.79 Å². The third-order valence-corrected chi connectivity index (χ3v) is 12.9. The molecule has 3 N–H and O–H groups in total. The first-order valence-electron chi connectivity index (χ1n) is 29.6. The summed E-state index contributed by atoms with van der Waals surface area (Å²) in [5.41, 5.74) is 0. The lowest BCUT2D eigenvalue weighted by Gasteiger charge is -2.40. The Morgan fingerprint density at radius 3 is 1.33 bits per heavy atom. The molecule has 1 aliphatic rings. The largest absolute Gasteiger partial charge is 0.479 e. The van der Waals surface area contributed by atoms with Crippen LogP contribution in [0.1, 0.15) is 239 Å². The molecule has 0 amide bonds. The molecule has 75 heavy (non-hydrogen) atoms. The van der Waals surface area contributed by atoms with E-state index in [1.165, 1.54) is 38.5 Å². The quantitative estimate of drug-likeness (QED) is 0.0228. The number of aliphatic hydroxyl groups is 2. The van der Waals surface area contributed by atoms with Gasteiger partial charge in [-0.05, 0) is 109 Å². The molecule has 1 rings (SSSR count). The van der Waals surface area contributed by atoms with Gasteiger partial charge in [0.2, 0.25) is 0 Å². The molecule has 0 bridgehead atoms. The number of ether oxygens (including phenoxy) is 5. The first-order chi connectivity index (χ1) is 36.6. The minimum absolute atomic E-state index is 0.0404. The maximum absolute atomic E-state index is 13.1. The molecule has 1 fully saturated rings. The van der Waals surface area contributed by atoms with E-state index >= 15 is 0 Å². The predicted octanol–water partition coefficient (Wildman–Crippen LogP) is 15.1. The van der Waals surface area contributed by atoms with Crippen molar-refractivity contribution in [3.8, 4) is 0 Å². The normalized spacial score (nSPS) is 18.8. The van der Waals surface area contributed by atoms with Gasteiger partial charge in [0, 0.05) is 19.3 Å². The highest BCUT2D eigenvalue weighted by molar-refractivity contribution is 5.74. The number of rotatable bonds is 49. The molecule has 0 aromatic heterocycles. The van der Waals surface area contributed by atoms with Crippen LogP contribution in [-0.2, 0) is 42.9 Å². The number of carbonyl (C=O) groups excluding carboxylic acids is 3. The van der Waals surface area contributed by atoms with Crippen molar-refractivity contribution in [2.24, 2.45) is 0 Å². The van der Waals surface area contributed by atoms with Crippen LogP contribution in [0.3, 0.4) is 0 Å². The van der Waals surface area contributed by atoms with Crippen molar-refractivity contribution in [3.05, 3.63) is 85.1 Å². The molecule has 428 valence electrons. The van der Waals surface area contributed by atoms with Gasteiger partial charge in [-0.3, -0.25) is 14.4 Å². The number of hydrogen-bond acceptors (Lipinski definition) is 11. The molecule has 12 heteroatoms. The fourth-order valence-electron chi connectivity index (χ4n) is 8.37. The third-order valence-electron chi connectivity index (χ3n) is 12.9. The molecule has 1 saturated heterocycles. The second-order valence-corrected chi connectivity index (χ2v) is 19.9. The van der Waals surface area contributed by atoms with Crippen LogP contribution in [0.2, 0.25) is 0 Å². The van der Waals surface area contributed by atoms with Crippen molar-refractivity contribution < 1.29 is 58.2 Å². The van der Waals surface area contributed by atoms with Gasteiger partial charge in [-0.15, -0.1) is 0 Å². The summed E-state index contributed by atoms with van der Waals surface area (Å²) in [5, 5.41) is 31.5. The van der Waals surface area contributed by atoms with Crippen molar-refractivity contribution in [1.82, 2.24) is 0 Å². The van der Waals surface area contributed by atoms with Crippen molar-refractivity contribution in [2.45, 2.75) is 276 Å². The lowest BCUT2D eigenvalue weighted by atomic mass is 9.98. The number of esters is 3. The standard InChI is InChI=1S/C63H104O12/c1-4-7-10-13-16-19-22-24-26-27-28-29-31-33-36-39-42-45-48-51-57(66)74-61-59(68)58(67)60(62(69)70)75-63(61)72-53-54(73-56(65)50-47-44-41-38-34-21-18-15-12-9-6-3)52-71-55(64)49-46-43-40-37-35-32-30-25-23-20-17-14-11-8-5-2/h8,11,15-20,24-26,28-30,54,58-61,63,67-68H,4-7,9-10,12-14,21-23,27,31-53H2,1-3H3,(H,69,70)/b11-8-,18-15-,19-16-,20-17-,26-24-,29-28-,30-25-. The van der Waals surface area contributed by atoms with Crippen LogP contribution in [0.5, 0.6) is 0 Å².